The second kappa shape index (κ2) is 15.1. The highest BCUT2D eigenvalue weighted by Crippen LogP contribution is 1.86. The molecule has 0 aromatic heterocycles. The number of hydrogen-bond donors (Lipinski definition) is 0. The first-order valence-electron chi connectivity index (χ1n) is 5.59. The van der Waals surface area contributed by atoms with Gasteiger partial charge in [-0.3, -0.25) is 0 Å². The van der Waals surface area contributed by atoms with Gasteiger partial charge < -0.3 is 18.9 Å². The number of rotatable bonds is 13. The Morgan fingerprint density at radius 3 is 2.47 bits per heavy atom. The van der Waals surface area contributed by atoms with Gasteiger partial charge in [-0.2, -0.15) is 0 Å². The van der Waals surface area contributed by atoms with Gasteiger partial charge in [0.2, 0.25) is 0 Å². The molecule has 0 aromatic rings. The minimum Gasteiger partial charge on any atom is -0.379 e. The van der Waals surface area contributed by atoms with Crippen LogP contribution in [0.2, 0.25) is 0 Å². The summed E-state index contributed by atoms with van der Waals surface area (Å²) in [6, 6.07) is 0. The van der Waals surface area contributed by atoms with Crippen molar-refractivity contribution in [2.24, 2.45) is 5.11 Å². The second-order valence-electron chi connectivity index (χ2n) is 2.88. The summed E-state index contributed by atoms with van der Waals surface area (Å²) < 4.78 is 20.5. The molecule has 0 heterocycles. The monoisotopic (exact) mass is 246 g/mol. The third-order valence-electron chi connectivity index (χ3n) is 1.62. The van der Waals surface area contributed by atoms with E-state index in [9.17, 15) is 0 Å². The maximum atomic E-state index is 8.00. The quantitative estimate of drug-likeness (QED) is 0.213. The topological polar surface area (TPSA) is 85.7 Å². The maximum absolute atomic E-state index is 8.00. The maximum Gasteiger partial charge on any atom is 0.109 e. The fourth-order valence-electron chi connectivity index (χ4n) is 0.877. The molecule has 0 aromatic carbocycles. The molecule has 7 heteroatoms. The zero-order valence-electron chi connectivity index (χ0n) is 10.2. The van der Waals surface area contributed by atoms with Crippen molar-refractivity contribution in [1.29, 1.82) is 0 Å². The molecule has 0 aliphatic carbocycles. The zero-order chi connectivity index (χ0) is 12.6. The number of azide groups is 1. The SMILES string of the molecule is CCOC[CH]OCCOCCOCCN=[N+]=[N-]. The van der Waals surface area contributed by atoms with E-state index in [1.807, 2.05) is 6.92 Å². The van der Waals surface area contributed by atoms with Crippen LogP contribution >= 0.6 is 0 Å². The average molecular weight is 246 g/mol. The van der Waals surface area contributed by atoms with E-state index >= 15 is 0 Å². The van der Waals surface area contributed by atoms with Crippen LogP contribution < -0.4 is 0 Å². The molecular formula is C10H20N3O4. The predicted octanol–water partition coefficient (Wildman–Crippen LogP) is 1.54. The van der Waals surface area contributed by atoms with Crippen molar-refractivity contribution in [2.45, 2.75) is 6.92 Å². The van der Waals surface area contributed by atoms with E-state index in [1.165, 1.54) is 0 Å². The van der Waals surface area contributed by atoms with Gasteiger partial charge in [-0.15, -0.1) is 0 Å². The lowest BCUT2D eigenvalue weighted by Crippen LogP contribution is -2.10. The van der Waals surface area contributed by atoms with Gasteiger partial charge in [-0.25, -0.2) is 0 Å². The third-order valence-corrected chi connectivity index (χ3v) is 1.62. The Morgan fingerprint density at radius 2 is 1.76 bits per heavy atom. The molecule has 0 aliphatic heterocycles. The van der Waals surface area contributed by atoms with Crippen LogP contribution in [0.4, 0.5) is 0 Å². The molecule has 0 amide bonds. The van der Waals surface area contributed by atoms with E-state index in [0.29, 0.717) is 52.8 Å². The van der Waals surface area contributed by atoms with E-state index in [0.717, 1.165) is 0 Å². The van der Waals surface area contributed by atoms with Gasteiger partial charge in [0.05, 0.1) is 39.6 Å². The number of nitrogens with zero attached hydrogens (tertiary/aromatic N) is 3. The molecule has 0 saturated carbocycles. The van der Waals surface area contributed by atoms with Gasteiger partial charge >= 0.3 is 0 Å². The normalized spacial score (nSPS) is 10.2. The molecule has 7 nitrogen and oxygen atoms in total. The highest BCUT2D eigenvalue weighted by atomic mass is 16.6. The first-order chi connectivity index (χ1) is 8.41. The fourth-order valence-corrected chi connectivity index (χ4v) is 0.877. The minimum atomic E-state index is 0.353. The third kappa shape index (κ3) is 15.1. The van der Waals surface area contributed by atoms with Crippen LogP contribution in [0.5, 0.6) is 0 Å². The summed E-state index contributed by atoms with van der Waals surface area (Å²) in [5.74, 6) is 0. The summed E-state index contributed by atoms with van der Waals surface area (Å²) in [6.45, 7) is 7.52. The van der Waals surface area contributed by atoms with Gasteiger partial charge in [0, 0.05) is 18.1 Å². The van der Waals surface area contributed by atoms with E-state index in [4.69, 9.17) is 24.5 Å². The second-order valence-corrected chi connectivity index (χ2v) is 2.88. The van der Waals surface area contributed by atoms with E-state index in [-0.39, 0.29) is 0 Å². The Hall–Kier alpha value is -0.850. The van der Waals surface area contributed by atoms with Crippen molar-refractivity contribution >= 4 is 0 Å². The van der Waals surface area contributed by atoms with Crippen LogP contribution in [0.15, 0.2) is 5.11 Å². The van der Waals surface area contributed by atoms with Crippen molar-refractivity contribution in [1.82, 2.24) is 0 Å². The molecule has 0 unspecified atom stereocenters. The van der Waals surface area contributed by atoms with E-state index in [1.54, 1.807) is 6.61 Å². The Kier molecular flexibility index (Phi) is 14.4. The molecule has 0 saturated heterocycles. The molecule has 1 radical (unpaired) electrons. The summed E-state index contributed by atoms with van der Waals surface area (Å²) in [7, 11) is 0. The van der Waals surface area contributed by atoms with E-state index in [2.05, 4.69) is 10.0 Å². The smallest absolute Gasteiger partial charge is 0.109 e. The highest BCUT2D eigenvalue weighted by molar-refractivity contribution is 4.46. The fraction of sp³-hybridized carbons (Fsp3) is 0.900. The summed E-state index contributed by atoms with van der Waals surface area (Å²) in [5.41, 5.74) is 8.00. The lowest BCUT2D eigenvalue weighted by Gasteiger charge is -2.05. The molecular weight excluding hydrogens is 226 g/mol. The average Bonchev–Trinajstić information content (AvgIpc) is 2.35. The number of hydrogen-bond acceptors (Lipinski definition) is 5. The molecule has 0 aliphatic rings. The number of ether oxygens (including phenoxy) is 4. The van der Waals surface area contributed by atoms with Crippen molar-refractivity contribution < 1.29 is 18.9 Å². The summed E-state index contributed by atoms with van der Waals surface area (Å²) in [6.07, 6.45) is 0. The standard InChI is InChI=1S/C10H20N3O4/c1-2-14-5-6-16-9-10-17-8-7-15-4-3-12-13-11/h6H,2-5,7-10H2,1H3. The molecule has 0 atom stereocenters. The zero-order valence-corrected chi connectivity index (χ0v) is 10.2. The van der Waals surface area contributed by atoms with Crippen molar-refractivity contribution in [3.63, 3.8) is 0 Å². The molecule has 17 heavy (non-hydrogen) atoms. The largest absolute Gasteiger partial charge is 0.379 e. The van der Waals surface area contributed by atoms with Crippen molar-refractivity contribution in [3.8, 4) is 0 Å². The van der Waals surface area contributed by atoms with Crippen LogP contribution in [0, 0.1) is 6.61 Å². The molecule has 0 spiro atoms. The summed E-state index contributed by atoms with van der Waals surface area (Å²) >= 11 is 0. The predicted molar refractivity (Wildman–Crippen MR) is 62.4 cm³/mol. The Labute approximate surface area is 102 Å². The lowest BCUT2D eigenvalue weighted by molar-refractivity contribution is 0.0194. The Morgan fingerprint density at radius 1 is 1.06 bits per heavy atom. The van der Waals surface area contributed by atoms with E-state index < -0.39 is 0 Å². The minimum absolute atomic E-state index is 0.353. The van der Waals surface area contributed by atoms with Crippen molar-refractivity contribution in [2.75, 3.05) is 52.8 Å². The van der Waals surface area contributed by atoms with Crippen LogP contribution in [0.3, 0.4) is 0 Å². The molecule has 99 valence electrons. The van der Waals surface area contributed by atoms with Gasteiger partial charge in [-0.05, 0) is 12.5 Å². The first kappa shape index (κ1) is 16.1. The van der Waals surface area contributed by atoms with Gasteiger partial charge in [0.25, 0.3) is 0 Å². The van der Waals surface area contributed by atoms with Crippen molar-refractivity contribution in [3.05, 3.63) is 17.0 Å². The van der Waals surface area contributed by atoms with Gasteiger partial charge in [0.1, 0.15) is 6.61 Å². The van der Waals surface area contributed by atoms with Gasteiger partial charge in [0.15, 0.2) is 0 Å². The highest BCUT2D eigenvalue weighted by Gasteiger charge is 1.91. The lowest BCUT2D eigenvalue weighted by atomic mass is 10.7. The Balaban J connectivity index is 2.91. The van der Waals surface area contributed by atoms with Crippen LogP contribution in [-0.4, -0.2) is 52.8 Å². The molecule has 0 N–H and O–H groups in total. The van der Waals surface area contributed by atoms with Crippen LogP contribution in [-0.2, 0) is 18.9 Å². The summed E-state index contributed by atoms with van der Waals surface area (Å²) in [4.78, 5) is 2.61. The Bertz CT molecular complexity index is 198. The molecule has 0 fully saturated rings. The summed E-state index contributed by atoms with van der Waals surface area (Å²) in [5, 5.41) is 3.33. The molecule has 0 rings (SSSR count). The van der Waals surface area contributed by atoms with Crippen LogP contribution in [0.1, 0.15) is 6.92 Å². The molecule has 0 bridgehead atoms. The van der Waals surface area contributed by atoms with Crippen LogP contribution in [0.25, 0.3) is 10.4 Å². The first-order valence-corrected chi connectivity index (χ1v) is 5.59. The van der Waals surface area contributed by atoms with Gasteiger partial charge in [-0.1, -0.05) is 5.11 Å².